The van der Waals surface area contributed by atoms with Crippen molar-refractivity contribution in [1.29, 1.82) is 0 Å². The zero-order chi connectivity index (χ0) is 20.2. The number of carbonyl (C=O) groups is 1. The third-order valence-corrected chi connectivity index (χ3v) is 6.93. The fourth-order valence-corrected chi connectivity index (χ4v) is 5.12. The standard InChI is InChI=1S/C24H36N4O/c1-3-27(20-9-5-4-6-10-20)23(29)15-18-28-22-12-8-7-11-21(22)25-24(28)26-16-13-19(2)14-17-26/h7-8,11-12,19-20H,3-6,9-10,13-18H2,1-2H3. The Morgan fingerprint density at radius 2 is 1.83 bits per heavy atom. The van der Waals surface area contributed by atoms with Crippen molar-refractivity contribution in [2.45, 2.75) is 77.8 Å². The van der Waals surface area contributed by atoms with Gasteiger partial charge in [-0.2, -0.15) is 0 Å². The molecular formula is C24H36N4O. The summed E-state index contributed by atoms with van der Waals surface area (Å²) >= 11 is 0. The van der Waals surface area contributed by atoms with E-state index in [1.807, 2.05) is 0 Å². The highest BCUT2D eigenvalue weighted by atomic mass is 16.2. The summed E-state index contributed by atoms with van der Waals surface area (Å²) in [5.74, 6) is 2.14. The van der Waals surface area contributed by atoms with Crippen molar-refractivity contribution in [2.24, 2.45) is 5.92 Å². The first kappa shape index (κ1) is 20.2. The lowest BCUT2D eigenvalue weighted by atomic mass is 9.94. The van der Waals surface area contributed by atoms with Gasteiger partial charge < -0.3 is 14.4 Å². The number of amides is 1. The van der Waals surface area contributed by atoms with Gasteiger partial charge in [0.1, 0.15) is 0 Å². The first-order chi connectivity index (χ1) is 14.2. The van der Waals surface area contributed by atoms with Crippen LogP contribution in [0.15, 0.2) is 24.3 Å². The molecule has 2 aliphatic rings. The first-order valence-electron chi connectivity index (χ1n) is 11.7. The quantitative estimate of drug-likeness (QED) is 0.701. The SMILES string of the molecule is CCN(C(=O)CCn1c(N2CCC(C)CC2)nc2ccccc21)C1CCCCC1. The van der Waals surface area contributed by atoms with Crippen molar-refractivity contribution in [2.75, 3.05) is 24.5 Å². The number of fused-ring (bicyclic) bond motifs is 1. The van der Waals surface area contributed by atoms with Gasteiger partial charge in [-0.25, -0.2) is 4.98 Å². The van der Waals surface area contributed by atoms with Gasteiger partial charge in [-0.15, -0.1) is 0 Å². The highest BCUT2D eigenvalue weighted by molar-refractivity contribution is 5.80. The largest absolute Gasteiger partial charge is 0.342 e. The van der Waals surface area contributed by atoms with E-state index in [0.29, 0.717) is 24.9 Å². The Hall–Kier alpha value is -2.04. The number of nitrogens with zero attached hydrogens (tertiary/aromatic N) is 4. The van der Waals surface area contributed by atoms with Crippen LogP contribution in [0, 0.1) is 5.92 Å². The van der Waals surface area contributed by atoms with Crippen LogP contribution < -0.4 is 4.90 Å². The van der Waals surface area contributed by atoms with Crippen molar-refractivity contribution in [3.05, 3.63) is 24.3 Å². The Morgan fingerprint density at radius 3 is 2.55 bits per heavy atom. The average Bonchev–Trinajstić information content (AvgIpc) is 3.12. The maximum absolute atomic E-state index is 13.1. The molecule has 2 heterocycles. The molecule has 1 aromatic heterocycles. The normalized spacial score (nSPS) is 19.0. The third-order valence-electron chi connectivity index (χ3n) is 6.93. The lowest BCUT2D eigenvalue weighted by molar-refractivity contribution is -0.134. The molecule has 1 saturated carbocycles. The summed E-state index contributed by atoms with van der Waals surface area (Å²) in [6.45, 7) is 8.11. The van der Waals surface area contributed by atoms with Crippen LogP contribution in [0.1, 0.15) is 65.2 Å². The molecule has 0 N–H and O–H groups in total. The molecule has 1 saturated heterocycles. The topological polar surface area (TPSA) is 41.4 Å². The Labute approximate surface area is 175 Å². The Balaban J connectivity index is 1.52. The van der Waals surface area contributed by atoms with Crippen LogP contribution >= 0.6 is 0 Å². The predicted molar refractivity (Wildman–Crippen MR) is 119 cm³/mol. The smallest absolute Gasteiger partial charge is 0.224 e. The molecule has 2 fully saturated rings. The van der Waals surface area contributed by atoms with Gasteiger partial charge in [-0.1, -0.05) is 38.3 Å². The lowest BCUT2D eigenvalue weighted by Crippen LogP contribution is -2.41. The number of carbonyl (C=O) groups excluding carboxylic acids is 1. The van der Waals surface area contributed by atoms with Gasteiger partial charge in [0, 0.05) is 38.6 Å². The Kier molecular flexibility index (Phi) is 6.41. The molecule has 1 aliphatic heterocycles. The zero-order valence-corrected chi connectivity index (χ0v) is 18.1. The van der Waals surface area contributed by atoms with E-state index in [-0.39, 0.29) is 0 Å². The molecule has 0 radical (unpaired) electrons. The van der Waals surface area contributed by atoms with Crippen LogP contribution in [0.4, 0.5) is 5.95 Å². The maximum atomic E-state index is 13.1. The molecule has 2 aromatic rings. The molecule has 29 heavy (non-hydrogen) atoms. The molecule has 0 spiro atoms. The number of anilines is 1. The van der Waals surface area contributed by atoms with Gasteiger partial charge >= 0.3 is 0 Å². The maximum Gasteiger partial charge on any atom is 0.224 e. The van der Waals surface area contributed by atoms with Gasteiger partial charge in [0.2, 0.25) is 11.9 Å². The van der Waals surface area contributed by atoms with E-state index in [1.165, 1.54) is 44.9 Å². The zero-order valence-electron chi connectivity index (χ0n) is 18.1. The summed E-state index contributed by atoms with van der Waals surface area (Å²) in [6.07, 6.45) is 9.18. The lowest BCUT2D eigenvalue weighted by Gasteiger charge is -2.34. The van der Waals surface area contributed by atoms with Gasteiger partial charge in [0.15, 0.2) is 0 Å². The van der Waals surface area contributed by atoms with E-state index in [1.54, 1.807) is 0 Å². The average molecular weight is 397 g/mol. The summed E-state index contributed by atoms with van der Waals surface area (Å²) in [4.78, 5) is 22.6. The summed E-state index contributed by atoms with van der Waals surface area (Å²) in [7, 11) is 0. The highest BCUT2D eigenvalue weighted by Gasteiger charge is 2.25. The number of hydrogen-bond donors (Lipinski definition) is 0. The molecule has 1 amide bonds. The molecule has 5 nitrogen and oxygen atoms in total. The minimum Gasteiger partial charge on any atom is -0.342 e. The summed E-state index contributed by atoms with van der Waals surface area (Å²) in [5.41, 5.74) is 2.18. The van der Waals surface area contributed by atoms with E-state index in [9.17, 15) is 4.79 Å². The molecule has 0 unspecified atom stereocenters. The van der Waals surface area contributed by atoms with Gasteiger partial charge in [0.05, 0.1) is 11.0 Å². The second-order valence-corrected chi connectivity index (χ2v) is 8.94. The highest BCUT2D eigenvalue weighted by Crippen LogP contribution is 2.28. The van der Waals surface area contributed by atoms with Crippen LogP contribution in [-0.2, 0) is 11.3 Å². The molecular weight excluding hydrogens is 360 g/mol. The number of aryl methyl sites for hydroxylation is 1. The first-order valence-corrected chi connectivity index (χ1v) is 11.7. The van der Waals surface area contributed by atoms with Crippen molar-refractivity contribution >= 4 is 22.9 Å². The van der Waals surface area contributed by atoms with Crippen LogP contribution in [0.3, 0.4) is 0 Å². The van der Waals surface area contributed by atoms with E-state index in [0.717, 1.165) is 42.5 Å². The number of piperidine rings is 1. The van der Waals surface area contributed by atoms with E-state index < -0.39 is 0 Å². The number of benzene rings is 1. The fourth-order valence-electron chi connectivity index (χ4n) is 5.12. The van der Waals surface area contributed by atoms with Crippen LogP contribution in [0.5, 0.6) is 0 Å². The van der Waals surface area contributed by atoms with Crippen LogP contribution in [0.2, 0.25) is 0 Å². The molecule has 1 aliphatic carbocycles. The molecule has 0 atom stereocenters. The van der Waals surface area contributed by atoms with Gasteiger partial charge in [-0.3, -0.25) is 4.79 Å². The van der Waals surface area contributed by atoms with Gasteiger partial charge in [-0.05, 0) is 50.7 Å². The Morgan fingerprint density at radius 1 is 1.10 bits per heavy atom. The number of rotatable bonds is 6. The summed E-state index contributed by atoms with van der Waals surface area (Å²) in [5, 5.41) is 0. The number of aromatic nitrogens is 2. The minimum atomic E-state index is 0.301. The summed E-state index contributed by atoms with van der Waals surface area (Å²) < 4.78 is 2.29. The van der Waals surface area contributed by atoms with E-state index in [4.69, 9.17) is 4.98 Å². The van der Waals surface area contributed by atoms with Crippen LogP contribution in [-0.4, -0.2) is 46.0 Å². The second kappa shape index (κ2) is 9.19. The third kappa shape index (κ3) is 4.44. The van der Waals surface area contributed by atoms with E-state index >= 15 is 0 Å². The molecule has 158 valence electrons. The minimum absolute atomic E-state index is 0.301. The van der Waals surface area contributed by atoms with Crippen molar-refractivity contribution in [3.8, 4) is 0 Å². The molecule has 4 rings (SSSR count). The Bertz CT molecular complexity index is 815. The second-order valence-electron chi connectivity index (χ2n) is 8.94. The van der Waals surface area contributed by atoms with Crippen molar-refractivity contribution in [1.82, 2.24) is 14.5 Å². The predicted octanol–water partition coefficient (Wildman–Crippen LogP) is 4.84. The van der Waals surface area contributed by atoms with Crippen molar-refractivity contribution < 1.29 is 4.79 Å². The van der Waals surface area contributed by atoms with Crippen LogP contribution in [0.25, 0.3) is 11.0 Å². The number of para-hydroxylation sites is 2. The fraction of sp³-hybridized carbons (Fsp3) is 0.667. The number of hydrogen-bond acceptors (Lipinski definition) is 3. The molecule has 1 aromatic carbocycles. The van der Waals surface area contributed by atoms with Gasteiger partial charge in [0.25, 0.3) is 0 Å². The number of imidazole rings is 1. The summed E-state index contributed by atoms with van der Waals surface area (Å²) in [6, 6.07) is 8.80. The molecule has 0 bridgehead atoms. The van der Waals surface area contributed by atoms with E-state index in [2.05, 4.69) is 52.5 Å². The van der Waals surface area contributed by atoms with Crippen molar-refractivity contribution in [3.63, 3.8) is 0 Å². The molecule has 5 heteroatoms. The monoisotopic (exact) mass is 396 g/mol.